The van der Waals surface area contributed by atoms with Gasteiger partial charge >= 0.3 is 0 Å². The first-order chi connectivity index (χ1) is 13.4. The van der Waals surface area contributed by atoms with Crippen LogP contribution in [0.3, 0.4) is 0 Å². The zero-order valence-corrected chi connectivity index (χ0v) is 20.0. The number of hydrogen-bond acceptors (Lipinski definition) is 4. The molecule has 2 heterocycles. The highest BCUT2D eigenvalue weighted by Gasteiger charge is 2.19. The van der Waals surface area contributed by atoms with Gasteiger partial charge in [-0.25, -0.2) is 0 Å². The molecule has 0 N–H and O–H groups in total. The number of rotatable bonds is 8. The molecule has 0 spiro atoms. The van der Waals surface area contributed by atoms with Crippen molar-refractivity contribution in [2.45, 2.75) is 49.3 Å². The molecule has 2 unspecified atom stereocenters. The molecule has 0 amide bonds. The van der Waals surface area contributed by atoms with Gasteiger partial charge in [-0.2, -0.15) is 0 Å². The Morgan fingerprint density at radius 2 is 1.11 bits per heavy atom. The fraction of sp³-hybridized carbons (Fsp3) is 0.364. The van der Waals surface area contributed by atoms with Gasteiger partial charge in [-0.15, -0.1) is 22.7 Å². The summed E-state index contributed by atoms with van der Waals surface area (Å²) < 4.78 is 25.2. The van der Waals surface area contributed by atoms with Crippen molar-refractivity contribution < 1.29 is 8.42 Å². The van der Waals surface area contributed by atoms with Gasteiger partial charge in [-0.1, -0.05) is 26.7 Å². The highest BCUT2D eigenvalue weighted by Crippen LogP contribution is 2.40. The molecule has 0 saturated carbocycles. The highest BCUT2D eigenvalue weighted by molar-refractivity contribution is 7.85. The quantitative estimate of drug-likeness (QED) is 0.391. The van der Waals surface area contributed by atoms with Crippen molar-refractivity contribution >= 4 is 44.3 Å². The number of hydrogen-bond donors (Lipinski definition) is 0. The first-order valence-electron chi connectivity index (χ1n) is 9.47. The van der Waals surface area contributed by atoms with Crippen molar-refractivity contribution in [3.63, 3.8) is 0 Å². The summed E-state index contributed by atoms with van der Waals surface area (Å²) >= 11 is 3.49. The third kappa shape index (κ3) is 4.73. The summed E-state index contributed by atoms with van der Waals surface area (Å²) in [6.07, 6.45) is 7.76. The van der Waals surface area contributed by atoms with E-state index >= 15 is 0 Å². The van der Waals surface area contributed by atoms with Crippen molar-refractivity contribution in [2.24, 2.45) is 0 Å². The first-order valence-corrected chi connectivity index (χ1v) is 14.2. The monoisotopic (exact) mass is 450 g/mol. The summed E-state index contributed by atoms with van der Waals surface area (Å²) in [5.41, 5.74) is 1.90. The van der Waals surface area contributed by atoms with Crippen LogP contribution in [0.2, 0.25) is 0 Å². The average molecular weight is 451 g/mol. The van der Waals surface area contributed by atoms with Crippen LogP contribution < -0.4 is 0 Å². The van der Waals surface area contributed by atoms with Crippen LogP contribution >= 0.6 is 22.7 Å². The summed E-state index contributed by atoms with van der Waals surface area (Å²) in [6.45, 7) is 4.35. The van der Waals surface area contributed by atoms with Gasteiger partial charge in [0.25, 0.3) is 0 Å². The van der Waals surface area contributed by atoms with E-state index in [1.807, 2.05) is 12.1 Å². The third-order valence-corrected chi connectivity index (χ3v) is 8.82. The Labute approximate surface area is 180 Å². The molecule has 0 aliphatic rings. The van der Waals surface area contributed by atoms with E-state index in [1.165, 1.54) is 9.75 Å². The minimum atomic E-state index is -1.13. The van der Waals surface area contributed by atoms with Gasteiger partial charge in [0.15, 0.2) is 0 Å². The summed E-state index contributed by atoms with van der Waals surface area (Å²) in [5, 5.41) is 0. The van der Waals surface area contributed by atoms with Crippen LogP contribution in [0.15, 0.2) is 46.2 Å². The van der Waals surface area contributed by atoms with E-state index in [2.05, 4.69) is 38.1 Å². The molecule has 1 aromatic carbocycles. The minimum absolute atomic E-state index is 0.819. The molecular weight excluding hydrogens is 425 g/mol. The van der Waals surface area contributed by atoms with E-state index in [-0.39, 0.29) is 0 Å². The van der Waals surface area contributed by atoms with Crippen LogP contribution in [0.5, 0.6) is 0 Å². The lowest BCUT2D eigenvalue weighted by Crippen LogP contribution is -1.98. The smallest absolute Gasteiger partial charge is 0.0504 e. The van der Waals surface area contributed by atoms with Crippen molar-refractivity contribution in [1.29, 1.82) is 0 Å². The van der Waals surface area contributed by atoms with Crippen molar-refractivity contribution in [3.05, 3.63) is 46.2 Å². The van der Waals surface area contributed by atoms with E-state index < -0.39 is 21.6 Å². The van der Waals surface area contributed by atoms with Gasteiger partial charge in [0.2, 0.25) is 0 Å². The van der Waals surface area contributed by atoms with Gasteiger partial charge in [0.1, 0.15) is 0 Å². The second-order valence-electron chi connectivity index (χ2n) is 6.78. The average Bonchev–Trinajstić information content (AvgIpc) is 3.31. The number of aryl methyl sites for hydroxylation is 2. The molecule has 3 aromatic rings. The Balaban J connectivity index is 2.17. The maximum Gasteiger partial charge on any atom is 0.0504 e. The van der Waals surface area contributed by atoms with E-state index in [0.29, 0.717) is 0 Å². The van der Waals surface area contributed by atoms with Gasteiger partial charge < -0.3 is 0 Å². The predicted octanol–water partition coefficient (Wildman–Crippen LogP) is 6.52. The fourth-order valence-corrected chi connectivity index (χ4v) is 7.16. The topological polar surface area (TPSA) is 34.1 Å². The Morgan fingerprint density at radius 3 is 1.43 bits per heavy atom. The van der Waals surface area contributed by atoms with E-state index in [9.17, 15) is 8.42 Å². The molecule has 150 valence electrons. The third-order valence-electron chi connectivity index (χ3n) is 4.55. The van der Waals surface area contributed by atoms with Gasteiger partial charge in [0.05, 0.1) is 21.6 Å². The van der Waals surface area contributed by atoms with E-state index in [0.717, 1.165) is 56.4 Å². The van der Waals surface area contributed by atoms with Crippen molar-refractivity contribution in [3.8, 4) is 20.9 Å². The highest BCUT2D eigenvalue weighted by atomic mass is 32.2. The molecule has 3 rings (SSSR count). The Hall–Kier alpha value is -1.08. The molecule has 2 aromatic heterocycles. The second-order valence-corrected chi connectivity index (χ2v) is 11.8. The van der Waals surface area contributed by atoms with Crippen molar-refractivity contribution in [1.82, 2.24) is 0 Å². The van der Waals surface area contributed by atoms with Gasteiger partial charge in [-0.05, 0) is 49.2 Å². The predicted molar refractivity (Wildman–Crippen MR) is 126 cm³/mol. The molecule has 0 saturated heterocycles. The Kier molecular flexibility index (Phi) is 7.42. The van der Waals surface area contributed by atoms with Crippen LogP contribution in [0, 0.1) is 0 Å². The normalized spacial score (nSPS) is 13.6. The number of thiophene rings is 2. The first kappa shape index (κ1) is 21.6. The molecule has 0 aliphatic heterocycles. The molecule has 2 nitrogen and oxygen atoms in total. The van der Waals surface area contributed by atoms with Crippen LogP contribution in [-0.2, 0) is 34.4 Å². The van der Waals surface area contributed by atoms with Crippen LogP contribution in [0.1, 0.15) is 36.4 Å². The number of benzene rings is 1. The Bertz CT molecular complexity index is 931. The van der Waals surface area contributed by atoms with Crippen molar-refractivity contribution in [2.75, 3.05) is 12.5 Å². The van der Waals surface area contributed by atoms with Gasteiger partial charge in [-0.3, -0.25) is 8.42 Å². The Morgan fingerprint density at radius 1 is 0.714 bits per heavy atom. The van der Waals surface area contributed by atoms with Gasteiger partial charge in [0, 0.05) is 52.9 Å². The largest absolute Gasteiger partial charge is 0.255 e. The van der Waals surface area contributed by atoms with E-state index in [1.54, 1.807) is 35.2 Å². The molecular formula is C22H26O2S4. The lowest BCUT2D eigenvalue weighted by atomic mass is 10.1. The standard InChI is InChI=1S/C22H26O2S4/c1-5-7-15-9-11-19(25-15)17-13-22(28(4)24)18(14-21(17)27(3)23)20-12-10-16(26-20)8-6-2/h9-14H,5-8H2,1-4H3. The molecule has 0 radical (unpaired) electrons. The molecule has 0 aliphatic carbocycles. The summed E-state index contributed by atoms with van der Waals surface area (Å²) in [6, 6.07) is 12.5. The van der Waals surface area contributed by atoms with Crippen LogP contribution in [0.4, 0.5) is 0 Å². The molecule has 0 bridgehead atoms. The SMILES string of the molecule is CCCc1ccc(-c2cc(S(C)=O)c(-c3ccc(CCC)s3)cc2S(C)=O)s1. The van der Waals surface area contributed by atoms with Crippen LogP contribution in [0.25, 0.3) is 20.9 Å². The maximum absolute atomic E-state index is 12.6. The zero-order valence-electron chi connectivity index (χ0n) is 16.7. The van der Waals surface area contributed by atoms with Crippen LogP contribution in [-0.4, -0.2) is 20.9 Å². The minimum Gasteiger partial charge on any atom is -0.255 e. The molecule has 6 heteroatoms. The summed E-state index contributed by atoms with van der Waals surface area (Å²) in [5.74, 6) is 0. The second kappa shape index (κ2) is 9.61. The fourth-order valence-electron chi connectivity index (χ4n) is 3.23. The lowest BCUT2D eigenvalue weighted by molar-refractivity contribution is 0.685. The van der Waals surface area contributed by atoms with E-state index in [4.69, 9.17) is 0 Å². The maximum atomic E-state index is 12.6. The lowest BCUT2D eigenvalue weighted by Gasteiger charge is -2.13. The zero-order chi connectivity index (χ0) is 20.3. The molecule has 2 atom stereocenters. The summed E-state index contributed by atoms with van der Waals surface area (Å²) in [4.78, 5) is 6.50. The molecule has 0 fully saturated rings. The molecule has 28 heavy (non-hydrogen) atoms. The summed E-state index contributed by atoms with van der Waals surface area (Å²) in [7, 11) is -2.25.